The standard InChI is InChI=1S/C10H19NO2.C2H6/c1-8(2)7-13-10-4-5-11(6-10)9(3)12;1-2/h8,10H,4-7H2,1-3H3;1-2H3. The number of hydrogen-bond donors (Lipinski definition) is 0. The number of ether oxygens (including phenoxy) is 1. The monoisotopic (exact) mass is 215 g/mol. The van der Waals surface area contributed by atoms with Crippen molar-refractivity contribution in [1.82, 2.24) is 4.90 Å². The Hall–Kier alpha value is -0.570. The molecule has 1 aliphatic rings. The molecule has 0 radical (unpaired) electrons. The van der Waals surface area contributed by atoms with Crippen molar-refractivity contribution in [2.75, 3.05) is 19.7 Å². The van der Waals surface area contributed by atoms with E-state index in [4.69, 9.17) is 4.74 Å². The first kappa shape index (κ1) is 14.4. The first-order chi connectivity index (χ1) is 7.09. The Bertz CT molecular complexity index is 180. The van der Waals surface area contributed by atoms with Gasteiger partial charge in [-0.05, 0) is 12.3 Å². The van der Waals surface area contributed by atoms with Gasteiger partial charge < -0.3 is 9.64 Å². The summed E-state index contributed by atoms with van der Waals surface area (Å²) < 4.78 is 5.65. The molecule has 0 bridgehead atoms. The minimum Gasteiger partial charge on any atom is -0.376 e. The molecule has 0 saturated carbocycles. The van der Waals surface area contributed by atoms with E-state index in [9.17, 15) is 4.79 Å². The van der Waals surface area contributed by atoms with E-state index in [1.54, 1.807) is 6.92 Å². The molecule has 90 valence electrons. The van der Waals surface area contributed by atoms with Gasteiger partial charge in [0.15, 0.2) is 0 Å². The molecule has 1 heterocycles. The van der Waals surface area contributed by atoms with Crippen LogP contribution in [0, 0.1) is 5.92 Å². The van der Waals surface area contributed by atoms with Gasteiger partial charge in [0, 0.05) is 26.6 Å². The Labute approximate surface area is 93.8 Å². The first-order valence-electron chi connectivity index (χ1n) is 5.96. The second-order valence-corrected chi connectivity index (χ2v) is 4.10. The molecule has 0 aromatic carbocycles. The largest absolute Gasteiger partial charge is 0.376 e. The molecular formula is C12H25NO2. The third kappa shape index (κ3) is 5.78. The van der Waals surface area contributed by atoms with Gasteiger partial charge in [0.05, 0.1) is 6.10 Å². The van der Waals surface area contributed by atoms with Gasteiger partial charge in [-0.1, -0.05) is 27.7 Å². The molecular weight excluding hydrogens is 190 g/mol. The molecule has 1 atom stereocenters. The third-order valence-electron chi connectivity index (χ3n) is 2.26. The van der Waals surface area contributed by atoms with E-state index in [0.717, 1.165) is 26.1 Å². The highest BCUT2D eigenvalue weighted by Crippen LogP contribution is 2.13. The van der Waals surface area contributed by atoms with Crippen LogP contribution in [-0.4, -0.2) is 36.6 Å². The zero-order chi connectivity index (χ0) is 11.8. The van der Waals surface area contributed by atoms with Gasteiger partial charge in [-0.15, -0.1) is 0 Å². The van der Waals surface area contributed by atoms with E-state index in [2.05, 4.69) is 13.8 Å². The van der Waals surface area contributed by atoms with Crippen LogP contribution in [0.5, 0.6) is 0 Å². The van der Waals surface area contributed by atoms with Crippen LogP contribution < -0.4 is 0 Å². The predicted octanol–water partition coefficient (Wildman–Crippen LogP) is 2.31. The molecule has 1 amide bonds. The van der Waals surface area contributed by atoms with Gasteiger partial charge >= 0.3 is 0 Å². The van der Waals surface area contributed by atoms with E-state index in [0.29, 0.717) is 5.92 Å². The number of hydrogen-bond acceptors (Lipinski definition) is 2. The highest BCUT2D eigenvalue weighted by Gasteiger charge is 2.24. The molecule has 0 spiro atoms. The van der Waals surface area contributed by atoms with Crippen LogP contribution in [0.3, 0.4) is 0 Å². The lowest BCUT2D eigenvalue weighted by Crippen LogP contribution is -2.28. The number of nitrogens with zero attached hydrogens (tertiary/aromatic N) is 1. The molecule has 1 unspecified atom stereocenters. The second-order valence-electron chi connectivity index (χ2n) is 4.10. The molecule has 1 rings (SSSR count). The fourth-order valence-corrected chi connectivity index (χ4v) is 1.48. The summed E-state index contributed by atoms with van der Waals surface area (Å²) in [4.78, 5) is 12.9. The maximum absolute atomic E-state index is 11.0. The minimum absolute atomic E-state index is 0.163. The summed E-state index contributed by atoms with van der Waals surface area (Å²) in [6.07, 6.45) is 1.26. The predicted molar refractivity (Wildman–Crippen MR) is 62.8 cm³/mol. The van der Waals surface area contributed by atoms with Crippen LogP contribution in [0.2, 0.25) is 0 Å². The van der Waals surface area contributed by atoms with Gasteiger partial charge in [-0.3, -0.25) is 4.79 Å². The Morgan fingerprint density at radius 1 is 1.47 bits per heavy atom. The van der Waals surface area contributed by atoms with E-state index in [-0.39, 0.29) is 12.0 Å². The lowest BCUT2D eigenvalue weighted by molar-refractivity contribution is -0.128. The zero-order valence-corrected chi connectivity index (χ0v) is 10.7. The fourth-order valence-electron chi connectivity index (χ4n) is 1.48. The van der Waals surface area contributed by atoms with Crippen LogP contribution >= 0.6 is 0 Å². The quantitative estimate of drug-likeness (QED) is 0.723. The van der Waals surface area contributed by atoms with Crippen LogP contribution in [0.15, 0.2) is 0 Å². The Morgan fingerprint density at radius 3 is 2.47 bits per heavy atom. The number of carbonyl (C=O) groups is 1. The maximum atomic E-state index is 11.0. The van der Waals surface area contributed by atoms with Crippen molar-refractivity contribution in [2.24, 2.45) is 5.92 Å². The molecule has 0 aromatic rings. The average Bonchev–Trinajstić information content (AvgIpc) is 2.66. The molecule has 0 aliphatic carbocycles. The van der Waals surface area contributed by atoms with E-state index in [1.165, 1.54) is 0 Å². The van der Waals surface area contributed by atoms with E-state index < -0.39 is 0 Å². The zero-order valence-electron chi connectivity index (χ0n) is 10.7. The Kier molecular flexibility index (Phi) is 7.39. The normalized spacial score (nSPS) is 20.1. The van der Waals surface area contributed by atoms with Crippen LogP contribution in [0.1, 0.15) is 41.0 Å². The first-order valence-corrected chi connectivity index (χ1v) is 5.96. The van der Waals surface area contributed by atoms with Gasteiger partial charge in [0.2, 0.25) is 5.91 Å². The number of carbonyl (C=O) groups excluding carboxylic acids is 1. The second kappa shape index (κ2) is 7.69. The minimum atomic E-state index is 0.163. The summed E-state index contributed by atoms with van der Waals surface area (Å²) in [7, 11) is 0. The third-order valence-corrected chi connectivity index (χ3v) is 2.26. The maximum Gasteiger partial charge on any atom is 0.219 e. The summed E-state index contributed by atoms with van der Waals surface area (Å²) in [5, 5.41) is 0. The molecule has 1 fully saturated rings. The SMILES string of the molecule is CC.CC(=O)N1CCC(OCC(C)C)C1. The van der Waals surface area contributed by atoms with Crippen LogP contribution in [-0.2, 0) is 9.53 Å². The van der Waals surface area contributed by atoms with Crippen molar-refractivity contribution in [3.8, 4) is 0 Å². The average molecular weight is 215 g/mol. The van der Waals surface area contributed by atoms with Crippen LogP contribution in [0.25, 0.3) is 0 Å². The smallest absolute Gasteiger partial charge is 0.219 e. The molecule has 1 aliphatic heterocycles. The molecule has 3 heteroatoms. The van der Waals surface area contributed by atoms with Gasteiger partial charge in [0.1, 0.15) is 0 Å². The Morgan fingerprint density at radius 2 is 2.07 bits per heavy atom. The molecule has 1 saturated heterocycles. The van der Waals surface area contributed by atoms with Crippen molar-refractivity contribution < 1.29 is 9.53 Å². The van der Waals surface area contributed by atoms with Crippen molar-refractivity contribution in [1.29, 1.82) is 0 Å². The lowest BCUT2D eigenvalue weighted by atomic mass is 10.2. The highest BCUT2D eigenvalue weighted by atomic mass is 16.5. The summed E-state index contributed by atoms with van der Waals surface area (Å²) in [6.45, 7) is 12.3. The van der Waals surface area contributed by atoms with Gasteiger partial charge in [0.25, 0.3) is 0 Å². The molecule has 3 nitrogen and oxygen atoms in total. The topological polar surface area (TPSA) is 29.5 Å². The summed E-state index contributed by atoms with van der Waals surface area (Å²) in [6, 6.07) is 0. The molecule has 15 heavy (non-hydrogen) atoms. The summed E-state index contributed by atoms with van der Waals surface area (Å²) >= 11 is 0. The van der Waals surface area contributed by atoms with Crippen molar-refractivity contribution in [3.05, 3.63) is 0 Å². The fraction of sp³-hybridized carbons (Fsp3) is 0.917. The number of rotatable bonds is 3. The number of likely N-dealkylation sites (tertiary alicyclic amines) is 1. The van der Waals surface area contributed by atoms with Crippen molar-refractivity contribution in [2.45, 2.75) is 47.1 Å². The van der Waals surface area contributed by atoms with Gasteiger partial charge in [-0.25, -0.2) is 0 Å². The summed E-state index contributed by atoms with van der Waals surface area (Å²) in [5.41, 5.74) is 0. The lowest BCUT2D eigenvalue weighted by Gasteiger charge is -2.15. The van der Waals surface area contributed by atoms with E-state index in [1.807, 2.05) is 18.7 Å². The summed E-state index contributed by atoms with van der Waals surface area (Å²) in [5.74, 6) is 0.738. The molecule has 0 aromatic heterocycles. The highest BCUT2D eigenvalue weighted by molar-refractivity contribution is 5.73. The Balaban J connectivity index is 0.000000921. The van der Waals surface area contributed by atoms with Crippen molar-refractivity contribution >= 4 is 5.91 Å². The van der Waals surface area contributed by atoms with Crippen LogP contribution in [0.4, 0.5) is 0 Å². The van der Waals surface area contributed by atoms with Gasteiger partial charge in [-0.2, -0.15) is 0 Å². The van der Waals surface area contributed by atoms with Crippen molar-refractivity contribution in [3.63, 3.8) is 0 Å². The molecule has 0 N–H and O–H groups in total. The van der Waals surface area contributed by atoms with E-state index >= 15 is 0 Å². The number of amides is 1.